The molecule has 1 aliphatic rings. The van der Waals surface area contributed by atoms with Crippen molar-refractivity contribution in [3.63, 3.8) is 0 Å². The van der Waals surface area contributed by atoms with Crippen LogP contribution >= 0.6 is 23.5 Å². The average Bonchev–Trinajstić information content (AvgIpc) is 3.68. The molecule has 1 amide bonds. The van der Waals surface area contributed by atoms with Crippen molar-refractivity contribution in [1.82, 2.24) is 30.0 Å². The van der Waals surface area contributed by atoms with Crippen molar-refractivity contribution in [3.05, 3.63) is 70.3 Å². The number of carbonyl (C=O) groups excluding carboxylic acids is 1. The smallest absolute Gasteiger partial charge is 0.495 e. The van der Waals surface area contributed by atoms with E-state index in [1.165, 1.54) is 26.3 Å². The second-order valence-electron chi connectivity index (χ2n) is 13.9. The minimum Gasteiger partial charge on any atom is -0.495 e. The molecular formula is C35H44BBrF3N8O7P. The van der Waals surface area contributed by atoms with E-state index in [-0.39, 0.29) is 35.8 Å². The SMILES string of the molecule is CCOP(=O)(Cc1ccc(Nc2ncc(C(F)(F)F)c(Nc3ccc(Br)nc3C(=O)NC)n2)c(OC)c1)O[C@@H](C)CCn1cc(B2OC(C)(C)C(C)(C)O2)cn1. The standard InChI is InChI=1S/C35H44BBrF3N8O7P/c1-9-52-56(50,53-21(2)14-15-48-19-23(17-43-48)36-54-33(3,4)34(5,6)55-36)20-22-10-11-25(27(16-22)51-8)45-32-42-18-24(35(38,39)40)30(47-32)44-26-12-13-28(37)46-29(26)31(49)41-7/h10-13,16-19,21H,9,14-15,20H2,1-8H3,(H,41,49)(H2,42,44,45,47)/t21-,56?/m0/s1. The highest BCUT2D eigenvalue weighted by atomic mass is 79.9. The van der Waals surface area contributed by atoms with Crippen molar-refractivity contribution in [2.24, 2.45) is 0 Å². The van der Waals surface area contributed by atoms with Gasteiger partial charge in [0.25, 0.3) is 5.91 Å². The molecule has 0 saturated carbocycles. The summed E-state index contributed by atoms with van der Waals surface area (Å²) in [7, 11) is -1.44. The lowest BCUT2D eigenvalue weighted by Crippen LogP contribution is -2.41. The van der Waals surface area contributed by atoms with Gasteiger partial charge in [0.1, 0.15) is 21.7 Å². The quantitative estimate of drug-likeness (QED) is 0.0586. The fourth-order valence-electron chi connectivity index (χ4n) is 5.54. The molecule has 56 heavy (non-hydrogen) atoms. The van der Waals surface area contributed by atoms with Gasteiger partial charge in [0, 0.05) is 37.6 Å². The van der Waals surface area contributed by atoms with Gasteiger partial charge < -0.3 is 39.0 Å². The van der Waals surface area contributed by atoms with Crippen LogP contribution in [0.15, 0.2) is 53.5 Å². The number of pyridine rings is 1. The topological polar surface area (TPSA) is 173 Å². The van der Waals surface area contributed by atoms with Gasteiger partial charge >= 0.3 is 20.9 Å². The summed E-state index contributed by atoms with van der Waals surface area (Å²) in [5, 5.41) is 12.3. The zero-order chi connectivity index (χ0) is 41.1. The molecule has 21 heteroatoms. The number of rotatable bonds is 16. The van der Waals surface area contributed by atoms with Crippen LogP contribution < -0.4 is 26.2 Å². The molecule has 15 nitrogen and oxygen atoms in total. The Labute approximate surface area is 331 Å². The Hall–Kier alpha value is -4.07. The molecule has 1 unspecified atom stereocenters. The second kappa shape index (κ2) is 17.2. The molecule has 4 heterocycles. The van der Waals surface area contributed by atoms with Crippen molar-refractivity contribution in [2.75, 3.05) is 31.4 Å². The van der Waals surface area contributed by atoms with Crippen LogP contribution in [-0.4, -0.2) is 75.8 Å². The predicted octanol–water partition coefficient (Wildman–Crippen LogP) is 7.23. The van der Waals surface area contributed by atoms with Crippen LogP contribution in [0.4, 0.5) is 36.3 Å². The number of nitrogens with one attached hydrogen (secondary N) is 3. The van der Waals surface area contributed by atoms with Gasteiger partial charge in [-0.25, -0.2) is 9.97 Å². The normalized spacial score (nSPS) is 16.6. The summed E-state index contributed by atoms with van der Waals surface area (Å²) < 4.78 is 87.6. The number of carbonyl (C=O) groups is 1. The number of halogens is 4. The first-order valence-corrected chi connectivity index (χ1v) is 20.1. The third-order valence-electron chi connectivity index (χ3n) is 9.15. The second-order valence-corrected chi connectivity index (χ2v) is 16.7. The number of anilines is 4. The van der Waals surface area contributed by atoms with Crippen molar-refractivity contribution in [3.8, 4) is 5.75 Å². The Balaban J connectivity index is 1.28. The van der Waals surface area contributed by atoms with Gasteiger partial charge in [-0.3, -0.25) is 14.0 Å². The van der Waals surface area contributed by atoms with Gasteiger partial charge in [-0.2, -0.15) is 23.3 Å². The van der Waals surface area contributed by atoms with Crippen molar-refractivity contribution < 1.29 is 45.6 Å². The van der Waals surface area contributed by atoms with Crippen LogP contribution in [-0.2, 0) is 41.8 Å². The highest BCUT2D eigenvalue weighted by molar-refractivity contribution is 9.10. The van der Waals surface area contributed by atoms with Crippen LogP contribution in [0, 0.1) is 0 Å². The molecule has 3 aromatic heterocycles. The number of amides is 1. The average molecular weight is 867 g/mol. The van der Waals surface area contributed by atoms with E-state index in [2.05, 4.69) is 51.9 Å². The first kappa shape index (κ1) is 43.1. The van der Waals surface area contributed by atoms with E-state index in [9.17, 15) is 22.5 Å². The zero-order valence-corrected chi connectivity index (χ0v) is 34.6. The van der Waals surface area contributed by atoms with Crippen LogP contribution in [0.25, 0.3) is 0 Å². The largest absolute Gasteiger partial charge is 0.498 e. The maximum Gasteiger partial charge on any atom is 0.498 e. The van der Waals surface area contributed by atoms with E-state index in [0.717, 1.165) is 5.46 Å². The minimum atomic E-state index is -4.83. The third kappa shape index (κ3) is 10.3. The third-order valence-corrected chi connectivity index (χ3v) is 11.7. The fourth-order valence-corrected chi connectivity index (χ4v) is 7.76. The molecule has 2 atom stereocenters. The number of hydrogen-bond acceptors (Lipinski definition) is 13. The van der Waals surface area contributed by atoms with Gasteiger partial charge in [-0.1, -0.05) is 6.07 Å². The van der Waals surface area contributed by atoms with Crippen molar-refractivity contribution in [1.29, 1.82) is 0 Å². The molecule has 4 aromatic rings. The summed E-state index contributed by atoms with van der Waals surface area (Å²) in [5.41, 5.74) is -0.664. The Morgan fingerprint density at radius 2 is 1.77 bits per heavy atom. The molecule has 1 fully saturated rings. The van der Waals surface area contributed by atoms with Gasteiger partial charge in [-0.05, 0) is 93.7 Å². The van der Waals surface area contributed by atoms with Gasteiger partial charge in [-0.15, -0.1) is 0 Å². The van der Waals surface area contributed by atoms with Crippen LogP contribution in [0.1, 0.15) is 69.6 Å². The zero-order valence-electron chi connectivity index (χ0n) is 32.2. The summed E-state index contributed by atoms with van der Waals surface area (Å²) in [5.74, 6) is -1.21. The molecule has 0 aliphatic carbocycles. The first-order chi connectivity index (χ1) is 26.3. The van der Waals surface area contributed by atoms with E-state index >= 15 is 0 Å². The van der Waals surface area contributed by atoms with E-state index in [4.69, 9.17) is 23.1 Å². The summed E-state index contributed by atoms with van der Waals surface area (Å²) in [4.78, 5) is 24.5. The predicted molar refractivity (Wildman–Crippen MR) is 208 cm³/mol. The number of hydrogen-bond donors (Lipinski definition) is 3. The molecule has 1 saturated heterocycles. The number of ether oxygens (including phenoxy) is 1. The van der Waals surface area contributed by atoms with Gasteiger partial charge in [0.2, 0.25) is 5.95 Å². The number of nitrogens with zero attached hydrogens (tertiary/aromatic N) is 5. The Kier molecular flexibility index (Phi) is 13.2. The molecule has 1 aliphatic heterocycles. The van der Waals surface area contributed by atoms with E-state index in [1.54, 1.807) is 42.9 Å². The first-order valence-electron chi connectivity index (χ1n) is 17.6. The highest BCUT2D eigenvalue weighted by Gasteiger charge is 2.52. The number of aromatic nitrogens is 5. The number of benzene rings is 1. The van der Waals surface area contributed by atoms with Crippen molar-refractivity contribution in [2.45, 2.75) is 84.2 Å². The molecular weight excluding hydrogens is 823 g/mol. The summed E-state index contributed by atoms with van der Waals surface area (Å²) in [6, 6.07) is 7.70. The molecule has 0 spiro atoms. The monoisotopic (exact) mass is 866 g/mol. The highest BCUT2D eigenvalue weighted by Crippen LogP contribution is 2.53. The molecule has 1 aromatic carbocycles. The molecule has 0 radical (unpaired) electrons. The van der Waals surface area contributed by atoms with Crippen molar-refractivity contribution >= 4 is 65.2 Å². The summed E-state index contributed by atoms with van der Waals surface area (Å²) >= 11 is 3.17. The molecule has 302 valence electrons. The Bertz CT molecular complexity index is 2070. The van der Waals surface area contributed by atoms with E-state index < -0.39 is 55.5 Å². The number of aryl methyl sites for hydroxylation is 1. The minimum absolute atomic E-state index is 0.0201. The number of alkyl halides is 3. The van der Waals surface area contributed by atoms with Gasteiger partial charge in [0.15, 0.2) is 5.69 Å². The lowest BCUT2D eigenvalue weighted by Gasteiger charge is -2.32. The molecule has 5 rings (SSSR count). The van der Waals surface area contributed by atoms with Crippen LogP contribution in [0.3, 0.4) is 0 Å². The maximum atomic E-state index is 14.0. The van der Waals surface area contributed by atoms with Crippen LogP contribution in [0.5, 0.6) is 5.75 Å². The lowest BCUT2D eigenvalue weighted by atomic mass is 9.82. The Morgan fingerprint density at radius 3 is 2.41 bits per heavy atom. The van der Waals surface area contributed by atoms with Crippen LogP contribution in [0.2, 0.25) is 0 Å². The van der Waals surface area contributed by atoms with E-state index in [0.29, 0.717) is 35.0 Å². The maximum absolute atomic E-state index is 14.0. The summed E-state index contributed by atoms with van der Waals surface area (Å²) in [6.07, 6.45) is -0.738. The lowest BCUT2D eigenvalue weighted by molar-refractivity contribution is -0.137. The Morgan fingerprint density at radius 1 is 1.07 bits per heavy atom. The van der Waals surface area contributed by atoms with Gasteiger partial charge in [0.05, 0.1) is 48.6 Å². The molecule has 3 N–H and O–H groups in total. The number of methoxy groups -OCH3 is 1. The molecule has 0 bridgehead atoms. The summed E-state index contributed by atoms with van der Waals surface area (Å²) in [6.45, 7) is 12.1. The fraction of sp³-hybridized carbons (Fsp3) is 0.457. The van der Waals surface area contributed by atoms with E-state index in [1.807, 2.05) is 33.9 Å².